The van der Waals surface area contributed by atoms with Gasteiger partial charge in [-0.25, -0.2) is 0 Å². The first-order valence-corrected chi connectivity index (χ1v) is 36.2. The first-order chi connectivity index (χ1) is 51.9. The van der Waals surface area contributed by atoms with Crippen molar-refractivity contribution in [2.24, 2.45) is 5.92 Å². The molecule has 0 aromatic rings. The molecule has 2 saturated heterocycles. The molecule has 0 spiro atoms. The molecule has 2 aliphatic heterocycles. The highest BCUT2D eigenvalue weighted by Gasteiger charge is 2.48. The zero-order chi connectivity index (χ0) is 79.4. The van der Waals surface area contributed by atoms with E-state index < -0.39 is 177 Å². The SMILES string of the molecule is CC(=O)N[C@@H]1[C@@H](O)[C@@H](O)[C@@H](CO)C[C@H]1OCCOCCOCCOCC(=O)NCCCC[C@H](NC(=O)COCCOCCOCCO[C@@H]1O[C@H](CO)[C@H](O)[C@H](O)[C@H]1NC(C)=O)C(=O)N[C@@H](CCCCNC(=O)COCCOCCOCCO[C@@H]1O[C@H](CO)[C@H](O)[C@H](O)[C@H]1NC(C)=O)C(=O)NCCOCCC(=O)O. The summed E-state index contributed by atoms with van der Waals surface area (Å²) in [4.78, 5) is 112. The average molecular weight is 1570 g/mol. The smallest absolute Gasteiger partial charge is 0.305 e. The maximum absolute atomic E-state index is 14.1. The summed E-state index contributed by atoms with van der Waals surface area (Å²) in [5, 5.41) is 121. The maximum atomic E-state index is 14.1. The predicted molar refractivity (Wildman–Crippen MR) is 368 cm³/mol. The Kier molecular flexibility index (Phi) is 52.0. The second-order valence-electron chi connectivity index (χ2n) is 25.2. The van der Waals surface area contributed by atoms with Crippen LogP contribution in [-0.4, -0.2) is 393 Å². The molecule has 17 atom stereocenters. The second-order valence-corrected chi connectivity index (χ2v) is 25.2. The summed E-state index contributed by atoms with van der Waals surface area (Å²) >= 11 is 0. The van der Waals surface area contributed by atoms with Gasteiger partial charge in [-0.05, 0) is 44.9 Å². The van der Waals surface area contributed by atoms with Gasteiger partial charge in [-0.3, -0.25) is 43.2 Å². The van der Waals surface area contributed by atoms with Gasteiger partial charge in [0.15, 0.2) is 12.6 Å². The zero-order valence-electron chi connectivity index (χ0n) is 61.7. The molecule has 0 aromatic heterocycles. The maximum Gasteiger partial charge on any atom is 0.305 e. The highest BCUT2D eigenvalue weighted by Crippen LogP contribution is 2.28. The van der Waals surface area contributed by atoms with Crippen LogP contribution < -0.4 is 42.5 Å². The van der Waals surface area contributed by atoms with Gasteiger partial charge >= 0.3 is 5.97 Å². The molecule has 42 heteroatoms. The van der Waals surface area contributed by atoms with Crippen molar-refractivity contribution in [1.29, 1.82) is 0 Å². The van der Waals surface area contributed by atoms with Crippen molar-refractivity contribution in [3.8, 4) is 0 Å². The minimum atomic E-state index is -1.48. The number of unbranched alkanes of at least 4 members (excludes halogenated alkanes) is 2. The number of aliphatic carboxylic acids is 1. The highest BCUT2D eigenvalue weighted by atomic mass is 16.7. The lowest BCUT2D eigenvalue weighted by Crippen LogP contribution is -2.64. The Bertz CT molecular complexity index is 2530. The number of carboxylic acid groups (broad SMARTS) is 1. The summed E-state index contributed by atoms with van der Waals surface area (Å²) in [6.45, 7) is 2.72. The first kappa shape index (κ1) is 96.5. The summed E-state index contributed by atoms with van der Waals surface area (Å²) in [7, 11) is 0. The van der Waals surface area contributed by atoms with Crippen molar-refractivity contribution >= 4 is 53.2 Å². The lowest BCUT2D eigenvalue weighted by Gasteiger charge is -2.42. The Morgan fingerprint density at radius 3 is 1.16 bits per heavy atom. The van der Waals surface area contributed by atoms with Gasteiger partial charge in [0.05, 0.1) is 170 Å². The van der Waals surface area contributed by atoms with E-state index in [1.807, 2.05) is 0 Å². The van der Waals surface area contributed by atoms with Crippen LogP contribution in [0.15, 0.2) is 0 Å². The largest absolute Gasteiger partial charge is 0.481 e. The number of rotatable bonds is 62. The fourth-order valence-electron chi connectivity index (χ4n) is 11.0. The number of carbonyl (C=O) groups excluding carboxylic acids is 8. The van der Waals surface area contributed by atoms with Crippen LogP contribution in [0.3, 0.4) is 0 Å². The lowest BCUT2D eigenvalue weighted by atomic mass is 9.79. The van der Waals surface area contributed by atoms with Crippen LogP contribution in [0.4, 0.5) is 0 Å². The van der Waals surface area contributed by atoms with Gasteiger partial charge in [-0.2, -0.15) is 0 Å². The highest BCUT2D eigenvalue weighted by molar-refractivity contribution is 5.92. The average Bonchev–Trinajstić information content (AvgIpc) is 0.821. The Labute approximate surface area is 626 Å². The topological polar surface area (TPSA) is 591 Å². The van der Waals surface area contributed by atoms with Gasteiger partial charge in [0, 0.05) is 52.9 Å². The van der Waals surface area contributed by atoms with Crippen molar-refractivity contribution in [3.05, 3.63) is 0 Å². The molecule has 2 heterocycles. The number of hydrogen-bond acceptors (Lipinski definition) is 33. The van der Waals surface area contributed by atoms with E-state index in [0.717, 1.165) is 0 Å². The molecule has 3 aliphatic rings. The van der Waals surface area contributed by atoms with E-state index in [4.69, 9.17) is 76.2 Å². The van der Waals surface area contributed by atoms with Gasteiger partial charge in [0.2, 0.25) is 47.3 Å². The van der Waals surface area contributed by atoms with E-state index in [2.05, 4.69) is 42.5 Å². The molecule has 108 heavy (non-hydrogen) atoms. The molecule has 8 amide bonds. The quantitative estimate of drug-likeness (QED) is 0.0252. The molecule has 626 valence electrons. The van der Waals surface area contributed by atoms with Crippen molar-refractivity contribution in [1.82, 2.24) is 42.5 Å². The minimum absolute atomic E-state index is 0.0243. The summed E-state index contributed by atoms with van der Waals surface area (Å²) in [6.07, 6.45) is -12.4. The number of hydrogen-bond donors (Lipinski definition) is 18. The fraction of sp³-hybridized carbons (Fsp3) is 0.864. The van der Waals surface area contributed by atoms with Crippen molar-refractivity contribution in [2.45, 2.75) is 170 Å². The van der Waals surface area contributed by atoms with E-state index in [0.29, 0.717) is 19.3 Å². The number of nitrogens with one attached hydrogen (secondary N) is 8. The van der Waals surface area contributed by atoms with E-state index in [-0.39, 0.29) is 204 Å². The molecule has 3 rings (SSSR count). The van der Waals surface area contributed by atoms with Crippen LogP contribution in [0.1, 0.15) is 72.1 Å². The van der Waals surface area contributed by atoms with Crippen LogP contribution in [0.2, 0.25) is 0 Å². The monoisotopic (exact) mass is 1570 g/mol. The summed E-state index contributed by atoms with van der Waals surface area (Å²) < 4.78 is 82.8. The van der Waals surface area contributed by atoms with Gasteiger partial charge in [0.25, 0.3) is 0 Å². The van der Waals surface area contributed by atoms with Gasteiger partial charge in [-0.1, -0.05) is 0 Å². The molecule has 0 unspecified atom stereocenters. The van der Waals surface area contributed by atoms with E-state index in [9.17, 15) is 89.1 Å². The fourth-order valence-corrected chi connectivity index (χ4v) is 11.0. The third-order valence-corrected chi connectivity index (χ3v) is 16.5. The van der Waals surface area contributed by atoms with Crippen LogP contribution in [0, 0.1) is 5.92 Å². The Morgan fingerprint density at radius 2 is 0.750 bits per heavy atom. The molecule has 42 nitrogen and oxygen atoms in total. The first-order valence-electron chi connectivity index (χ1n) is 36.2. The summed E-state index contributed by atoms with van der Waals surface area (Å²) in [5.41, 5.74) is 0. The van der Waals surface area contributed by atoms with E-state index in [1.54, 1.807) is 0 Å². The van der Waals surface area contributed by atoms with Crippen molar-refractivity contribution in [3.63, 3.8) is 0 Å². The summed E-state index contributed by atoms with van der Waals surface area (Å²) in [6, 6.07) is -5.47. The molecular weight excluding hydrogens is 1450 g/mol. The molecule has 0 radical (unpaired) electrons. The molecule has 18 N–H and O–H groups in total. The number of carboxylic acids is 1. The molecular formula is C66H118N8O34. The summed E-state index contributed by atoms with van der Waals surface area (Å²) in [5.74, 6) is -6.04. The predicted octanol–water partition coefficient (Wildman–Crippen LogP) is -9.17. The minimum Gasteiger partial charge on any atom is -0.481 e. The van der Waals surface area contributed by atoms with Crippen LogP contribution in [-0.2, 0) is 114 Å². The third kappa shape index (κ3) is 41.0. The van der Waals surface area contributed by atoms with Crippen LogP contribution in [0.5, 0.6) is 0 Å². The standard InChI is InChI=1S/C66H118N8O34/c1-41(78)70-54-47(34-44(35-75)57(86)60(54)89)104-31-28-98-19-16-95-22-25-101-39-51(82)68-12-7-5-9-46(73-52(83)40-103-27-24-97-18-21-100-30-33-106-66-56(72-43(3)80)62(91)59(88)49(37-77)108-66)64(93)74-45(63(92)69-13-15-94-14-10-53(84)85)8-4-6-11-67-50(81)38-102-26-23-96-17-20-99-29-32-105-65-55(71-42(2)79)61(90)58(87)48(36-76)107-65/h44-49,54-62,65-66,75-77,86-91H,4-40H2,1-3H3,(H,67,81)(H,68,82)(H,69,92)(H,70,78)(H,71,79)(H,72,80)(H,73,83)(H,74,93)(H,84,85)/t44-,45+,46+,47-,48-,49-,54+,55-,56-,57+,58+,59+,60-,61-,62-,65-,66-/m1/s1. The lowest BCUT2D eigenvalue weighted by molar-refractivity contribution is -0.272. The van der Waals surface area contributed by atoms with Gasteiger partial charge in [0.1, 0.15) is 86.7 Å². The van der Waals surface area contributed by atoms with Crippen LogP contribution >= 0.6 is 0 Å². The molecule has 0 aromatic carbocycles. The molecule has 1 aliphatic carbocycles. The second kappa shape index (κ2) is 58.2. The van der Waals surface area contributed by atoms with Crippen molar-refractivity contribution < 1.29 is 165 Å². The Balaban J connectivity index is 1.46. The number of ether oxygens (including phenoxy) is 15. The number of aliphatic hydroxyl groups excluding tert-OH is 9. The molecule has 3 fully saturated rings. The number of amides is 8. The van der Waals surface area contributed by atoms with E-state index >= 15 is 0 Å². The number of aliphatic hydroxyl groups is 9. The van der Waals surface area contributed by atoms with Crippen molar-refractivity contribution in [2.75, 3.05) is 191 Å². The Hall–Kier alpha value is -5.73. The zero-order valence-corrected chi connectivity index (χ0v) is 61.7. The Morgan fingerprint density at radius 1 is 0.380 bits per heavy atom. The van der Waals surface area contributed by atoms with Gasteiger partial charge < -0.3 is 165 Å². The molecule has 0 bridgehead atoms. The van der Waals surface area contributed by atoms with Gasteiger partial charge in [-0.15, -0.1) is 0 Å². The third-order valence-electron chi connectivity index (χ3n) is 16.5. The molecule has 1 saturated carbocycles. The number of carbonyl (C=O) groups is 9. The van der Waals surface area contributed by atoms with E-state index in [1.165, 1.54) is 20.8 Å². The van der Waals surface area contributed by atoms with Crippen LogP contribution in [0.25, 0.3) is 0 Å². The normalized spacial score (nSPS) is 24.7.